The molecule has 0 saturated carbocycles. The van der Waals surface area contributed by atoms with Crippen molar-refractivity contribution in [3.63, 3.8) is 0 Å². The summed E-state index contributed by atoms with van der Waals surface area (Å²) in [7, 11) is 0. The van der Waals surface area contributed by atoms with Crippen molar-refractivity contribution in [3.8, 4) is 11.1 Å². The van der Waals surface area contributed by atoms with E-state index in [0.717, 1.165) is 37.1 Å². The molecule has 0 bridgehead atoms. The molecule has 0 aliphatic heterocycles. The van der Waals surface area contributed by atoms with E-state index in [9.17, 15) is 0 Å². The van der Waals surface area contributed by atoms with Crippen LogP contribution in [-0.4, -0.2) is 11.4 Å². The number of hydrogen-bond acceptors (Lipinski definition) is 1. The van der Waals surface area contributed by atoms with E-state index >= 15 is 0 Å². The molecule has 4 aromatic carbocycles. The predicted molar refractivity (Wildman–Crippen MR) is 217 cm³/mol. The molecule has 0 aromatic heterocycles. The number of benzene rings is 4. The Balaban J connectivity index is 1.49. The summed E-state index contributed by atoms with van der Waals surface area (Å²) in [6.07, 6.45) is 29.2. The Morgan fingerprint density at radius 2 is 1.32 bits per heavy atom. The van der Waals surface area contributed by atoms with Gasteiger partial charge in [0.15, 0.2) is 0 Å². The van der Waals surface area contributed by atoms with E-state index in [1.807, 2.05) is 6.08 Å². The number of rotatable bonds is 15. The molecule has 1 heteroatoms. The molecule has 1 nitrogen and oxygen atoms in total. The largest absolute Gasteiger partial charge is 0.338 e. The van der Waals surface area contributed by atoms with E-state index in [2.05, 4.69) is 207 Å². The first-order valence-electron chi connectivity index (χ1n) is 17.6. The summed E-state index contributed by atoms with van der Waals surface area (Å²) >= 11 is 0. The van der Waals surface area contributed by atoms with Crippen LogP contribution in [0.2, 0.25) is 0 Å². The molecule has 0 heterocycles. The summed E-state index contributed by atoms with van der Waals surface area (Å²) < 4.78 is 0. The minimum Gasteiger partial charge on any atom is -0.338 e. The average molecular weight is 652 g/mol. The van der Waals surface area contributed by atoms with Crippen LogP contribution >= 0.6 is 0 Å². The molecule has 1 atom stereocenters. The van der Waals surface area contributed by atoms with Gasteiger partial charge in [0.05, 0.1) is 0 Å². The third-order valence-corrected chi connectivity index (χ3v) is 9.32. The van der Waals surface area contributed by atoms with E-state index in [-0.39, 0.29) is 0 Å². The Morgan fingerprint density at radius 1 is 0.700 bits per heavy atom. The minimum absolute atomic E-state index is 0.471. The van der Waals surface area contributed by atoms with Crippen LogP contribution in [0.5, 0.6) is 0 Å². The molecule has 0 spiro atoms. The summed E-state index contributed by atoms with van der Waals surface area (Å²) in [5.41, 5.74) is 10.1. The van der Waals surface area contributed by atoms with Gasteiger partial charge in [0.25, 0.3) is 0 Å². The Kier molecular flexibility index (Phi) is 13.0. The molecule has 1 unspecified atom stereocenters. The molecular weight excluding hydrogens is 603 g/mol. The normalized spacial score (nSPS) is 14.7. The molecule has 5 rings (SSSR count). The highest BCUT2D eigenvalue weighted by Crippen LogP contribution is 2.43. The van der Waals surface area contributed by atoms with E-state index in [1.165, 1.54) is 39.1 Å². The fourth-order valence-electron chi connectivity index (χ4n) is 6.43. The smallest absolute Gasteiger partial charge is 0.0423 e. The van der Waals surface area contributed by atoms with Gasteiger partial charge in [-0.25, -0.2) is 0 Å². The van der Waals surface area contributed by atoms with Crippen molar-refractivity contribution in [2.45, 2.75) is 38.5 Å². The van der Waals surface area contributed by atoms with Crippen molar-refractivity contribution in [3.05, 3.63) is 235 Å². The molecule has 0 amide bonds. The van der Waals surface area contributed by atoms with Gasteiger partial charge < -0.3 is 4.90 Å². The first-order valence-corrected chi connectivity index (χ1v) is 17.6. The van der Waals surface area contributed by atoms with Gasteiger partial charge in [0, 0.05) is 23.4 Å². The van der Waals surface area contributed by atoms with Crippen molar-refractivity contribution in [1.82, 2.24) is 4.90 Å². The SMILES string of the molecule is C=CC/C=C\C/C=C\CN(C1=CCC=C(c2ccccc2)C=C1)C(/C=C\C(=C)C(C)(c1ccccc1)c1ccccc1-c1ccccc1)=C/C. The number of allylic oxidation sites excluding steroid dienone is 13. The van der Waals surface area contributed by atoms with Gasteiger partial charge in [-0.2, -0.15) is 0 Å². The van der Waals surface area contributed by atoms with Crippen LogP contribution in [0.3, 0.4) is 0 Å². The first kappa shape index (κ1) is 35.6. The summed E-state index contributed by atoms with van der Waals surface area (Å²) in [4.78, 5) is 2.39. The second-order valence-electron chi connectivity index (χ2n) is 12.5. The highest BCUT2D eigenvalue weighted by molar-refractivity contribution is 5.75. The van der Waals surface area contributed by atoms with Crippen LogP contribution in [0.15, 0.2) is 218 Å². The monoisotopic (exact) mass is 651 g/mol. The minimum atomic E-state index is -0.471. The number of nitrogens with zero attached hydrogens (tertiary/aromatic N) is 1. The zero-order chi connectivity index (χ0) is 35.0. The zero-order valence-corrected chi connectivity index (χ0v) is 29.6. The van der Waals surface area contributed by atoms with E-state index < -0.39 is 5.41 Å². The van der Waals surface area contributed by atoms with E-state index in [4.69, 9.17) is 6.58 Å². The van der Waals surface area contributed by atoms with Crippen LogP contribution in [0.4, 0.5) is 0 Å². The molecule has 250 valence electrons. The summed E-state index contributed by atoms with van der Waals surface area (Å²) in [6, 6.07) is 40.8. The zero-order valence-electron chi connectivity index (χ0n) is 29.6. The van der Waals surface area contributed by atoms with Crippen molar-refractivity contribution >= 4 is 5.57 Å². The van der Waals surface area contributed by atoms with Gasteiger partial charge >= 0.3 is 0 Å². The average Bonchev–Trinajstić information content (AvgIpc) is 3.44. The van der Waals surface area contributed by atoms with Crippen LogP contribution in [0.25, 0.3) is 16.7 Å². The fraction of sp³-hybridized carbons (Fsp3) is 0.143. The molecular formula is C49H49N. The van der Waals surface area contributed by atoms with Crippen LogP contribution in [0, 0.1) is 0 Å². The molecule has 0 radical (unpaired) electrons. The Hall–Kier alpha value is -5.66. The van der Waals surface area contributed by atoms with Gasteiger partial charge in [-0.1, -0.05) is 183 Å². The third kappa shape index (κ3) is 8.87. The van der Waals surface area contributed by atoms with Gasteiger partial charge in [-0.05, 0) is 84.2 Å². The quantitative estimate of drug-likeness (QED) is 0.0913. The van der Waals surface area contributed by atoms with Gasteiger partial charge in [0.2, 0.25) is 0 Å². The highest BCUT2D eigenvalue weighted by Gasteiger charge is 2.33. The maximum atomic E-state index is 4.76. The lowest BCUT2D eigenvalue weighted by molar-refractivity contribution is 0.499. The molecule has 4 aromatic rings. The van der Waals surface area contributed by atoms with Crippen LogP contribution < -0.4 is 0 Å². The van der Waals surface area contributed by atoms with Crippen molar-refractivity contribution < 1.29 is 0 Å². The van der Waals surface area contributed by atoms with Gasteiger partial charge in [-0.3, -0.25) is 0 Å². The summed E-state index contributed by atoms with van der Waals surface area (Å²) in [6.45, 7) is 13.7. The molecule has 1 aliphatic carbocycles. The second kappa shape index (κ2) is 18.2. The van der Waals surface area contributed by atoms with Crippen molar-refractivity contribution in [2.24, 2.45) is 0 Å². The Bertz CT molecular complexity index is 1930. The lowest BCUT2D eigenvalue weighted by atomic mass is 9.69. The summed E-state index contributed by atoms with van der Waals surface area (Å²) in [5, 5.41) is 0. The molecule has 0 N–H and O–H groups in total. The lowest BCUT2D eigenvalue weighted by Crippen LogP contribution is -2.26. The van der Waals surface area contributed by atoms with Crippen molar-refractivity contribution in [2.75, 3.05) is 6.54 Å². The van der Waals surface area contributed by atoms with Gasteiger partial charge in [0.1, 0.15) is 0 Å². The molecule has 0 saturated heterocycles. The first-order chi connectivity index (χ1) is 24.6. The van der Waals surface area contributed by atoms with Crippen molar-refractivity contribution in [1.29, 1.82) is 0 Å². The van der Waals surface area contributed by atoms with E-state index in [0.29, 0.717) is 0 Å². The molecule has 50 heavy (non-hydrogen) atoms. The second-order valence-corrected chi connectivity index (χ2v) is 12.5. The number of hydrogen-bond donors (Lipinski definition) is 0. The highest BCUT2D eigenvalue weighted by atomic mass is 15.1. The third-order valence-electron chi connectivity index (χ3n) is 9.32. The van der Waals surface area contributed by atoms with Crippen LogP contribution in [-0.2, 0) is 5.41 Å². The maximum Gasteiger partial charge on any atom is 0.0423 e. The Morgan fingerprint density at radius 3 is 2.02 bits per heavy atom. The fourth-order valence-corrected chi connectivity index (χ4v) is 6.43. The summed E-state index contributed by atoms with van der Waals surface area (Å²) in [5.74, 6) is 0. The maximum absolute atomic E-state index is 4.76. The van der Waals surface area contributed by atoms with E-state index in [1.54, 1.807) is 0 Å². The predicted octanol–water partition coefficient (Wildman–Crippen LogP) is 13.0. The standard InChI is InChI=1S/C49H49N/c1-5-7-8-9-10-11-23-39-50(46-32-24-29-42(36-38-46)41-25-15-12-16-26-41)45(6-2)37-35-40(3)49(4,44-30-19-14-20-31-44)48-34-22-21-33-47(48)43-27-17-13-18-28-43/h5-6,8-9,11-23,25-38H,1,3,7,10,24,39H2,2,4H3/b9-8-,23-11-,37-35-,45-6+. The molecule has 1 aliphatic rings. The lowest BCUT2D eigenvalue weighted by Gasteiger charge is -2.34. The molecule has 0 fully saturated rings. The Labute approximate surface area is 300 Å². The van der Waals surface area contributed by atoms with Crippen LogP contribution in [0.1, 0.15) is 49.8 Å². The van der Waals surface area contributed by atoms with Gasteiger partial charge in [-0.15, -0.1) is 6.58 Å². The topological polar surface area (TPSA) is 3.24 Å².